The summed E-state index contributed by atoms with van der Waals surface area (Å²) in [5.41, 5.74) is 7.91. The highest BCUT2D eigenvalue weighted by Gasteiger charge is 2.31. The molecule has 0 unspecified atom stereocenters. The number of likely N-dealkylation sites (tertiary alicyclic amines) is 1. The van der Waals surface area contributed by atoms with Gasteiger partial charge in [-0.1, -0.05) is 19.9 Å². The monoisotopic (exact) mass is 412 g/mol. The van der Waals surface area contributed by atoms with E-state index >= 15 is 0 Å². The molecule has 0 spiro atoms. The van der Waals surface area contributed by atoms with Gasteiger partial charge in [-0.05, 0) is 44.2 Å². The van der Waals surface area contributed by atoms with E-state index in [1.54, 1.807) is 0 Å². The van der Waals surface area contributed by atoms with Crippen molar-refractivity contribution in [3.63, 3.8) is 0 Å². The second-order valence-corrected chi connectivity index (χ2v) is 8.04. The lowest BCUT2D eigenvalue weighted by molar-refractivity contribution is -0.137. The summed E-state index contributed by atoms with van der Waals surface area (Å²) < 4.78 is 2.02. The minimum atomic E-state index is 0.145. The summed E-state index contributed by atoms with van der Waals surface area (Å²) in [6.45, 7) is 10.0. The van der Waals surface area contributed by atoms with Crippen molar-refractivity contribution in [3.8, 4) is 0 Å². The first-order valence-electron chi connectivity index (χ1n) is 11.3. The third-order valence-electron chi connectivity index (χ3n) is 6.10. The van der Waals surface area contributed by atoms with Gasteiger partial charge in [0, 0.05) is 56.6 Å². The molecule has 4 rings (SSSR count). The Morgan fingerprint density at radius 2 is 1.77 bits per heavy atom. The molecule has 0 aliphatic carbocycles. The van der Waals surface area contributed by atoms with Crippen molar-refractivity contribution in [3.05, 3.63) is 41.9 Å². The number of pyridine rings is 1. The van der Waals surface area contributed by atoms with Crippen LogP contribution in [0.4, 0.5) is 5.82 Å². The quantitative estimate of drug-likeness (QED) is 0.834. The molecule has 2 N–H and O–H groups in total. The molecule has 0 aromatic carbocycles. The zero-order valence-corrected chi connectivity index (χ0v) is 18.6. The van der Waals surface area contributed by atoms with Crippen molar-refractivity contribution in [2.45, 2.75) is 59.0 Å². The molecule has 2 aliphatic heterocycles. The zero-order valence-electron chi connectivity index (χ0n) is 18.6. The molecule has 7 nitrogen and oxygen atoms in total. The molecule has 4 heterocycles. The topological polar surface area (TPSA) is 80.3 Å². The fraction of sp³-hybridized carbons (Fsp3) is 0.609. The van der Waals surface area contributed by atoms with Gasteiger partial charge < -0.3 is 15.5 Å². The summed E-state index contributed by atoms with van der Waals surface area (Å²) in [4.78, 5) is 21.9. The number of carbonyl (C=O) groups is 1. The van der Waals surface area contributed by atoms with E-state index < -0.39 is 0 Å². The number of hydrogen-bond acceptors (Lipinski definition) is 5. The number of amides is 1. The number of aryl methyl sites for hydroxylation is 1. The Hall–Kier alpha value is -2.41. The number of hydrogen-bond donors (Lipinski definition) is 1. The predicted octanol–water partition coefficient (Wildman–Crippen LogP) is 3.15. The lowest BCUT2D eigenvalue weighted by Gasteiger charge is -2.37. The van der Waals surface area contributed by atoms with E-state index in [4.69, 9.17) is 5.73 Å². The average Bonchev–Trinajstić information content (AvgIpc) is 3.30. The predicted molar refractivity (Wildman–Crippen MR) is 120 cm³/mol. The largest absolute Gasteiger partial charge is 0.357 e. The lowest BCUT2D eigenvalue weighted by atomic mass is 9.93. The Balaban J connectivity index is 0.00000124. The highest BCUT2D eigenvalue weighted by Crippen LogP contribution is 2.27. The number of anilines is 1. The summed E-state index contributed by atoms with van der Waals surface area (Å²) in [5.74, 6) is 1.50. The molecule has 1 amide bonds. The Kier molecular flexibility index (Phi) is 7.85. The maximum atomic E-state index is 13.0. The number of carbonyl (C=O) groups excluding carboxylic acids is 1. The van der Waals surface area contributed by atoms with Gasteiger partial charge in [0.25, 0.3) is 0 Å². The van der Waals surface area contributed by atoms with Gasteiger partial charge in [0.1, 0.15) is 5.82 Å². The van der Waals surface area contributed by atoms with Crippen molar-refractivity contribution in [1.82, 2.24) is 19.7 Å². The van der Waals surface area contributed by atoms with Crippen LogP contribution in [0.25, 0.3) is 0 Å². The second-order valence-electron chi connectivity index (χ2n) is 8.04. The van der Waals surface area contributed by atoms with Gasteiger partial charge in [-0.25, -0.2) is 4.98 Å². The third-order valence-corrected chi connectivity index (χ3v) is 6.10. The Morgan fingerprint density at radius 1 is 1.07 bits per heavy atom. The number of piperidine rings is 2. The van der Waals surface area contributed by atoms with Crippen LogP contribution in [-0.4, -0.2) is 51.8 Å². The van der Waals surface area contributed by atoms with E-state index in [0.29, 0.717) is 18.5 Å². The Labute approximate surface area is 180 Å². The van der Waals surface area contributed by atoms with Crippen molar-refractivity contribution in [2.75, 3.05) is 31.1 Å². The van der Waals surface area contributed by atoms with Crippen LogP contribution in [0.15, 0.2) is 30.7 Å². The fourth-order valence-electron chi connectivity index (χ4n) is 4.29. The molecule has 2 aromatic rings. The normalized spacial score (nSPS) is 18.1. The highest BCUT2D eigenvalue weighted by molar-refractivity contribution is 5.79. The van der Waals surface area contributed by atoms with Gasteiger partial charge in [0.05, 0.1) is 12.2 Å². The van der Waals surface area contributed by atoms with Crippen molar-refractivity contribution >= 4 is 11.7 Å². The summed E-state index contributed by atoms with van der Waals surface area (Å²) >= 11 is 0. The standard InChI is InChI=1S/C21H30N6O.C2H6/c1-16-2-3-20(23-13-16)25-8-4-18(5-9-25)21(28)26-10-6-19(7-11-26)27-15-17(12-22)14-24-27;1-2/h2-3,13-15,18-19H,4-12,22H2,1H3;1-2H3. The summed E-state index contributed by atoms with van der Waals surface area (Å²) in [6, 6.07) is 4.55. The molecule has 2 aromatic heterocycles. The average molecular weight is 413 g/mol. The van der Waals surface area contributed by atoms with Crippen LogP contribution >= 0.6 is 0 Å². The molecule has 0 atom stereocenters. The van der Waals surface area contributed by atoms with Gasteiger partial charge >= 0.3 is 0 Å². The molecule has 0 saturated carbocycles. The van der Waals surface area contributed by atoms with Crippen LogP contribution in [0.1, 0.15) is 56.7 Å². The maximum Gasteiger partial charge on any atom is 0.225 e. The van der Waals surface area contributed by atoms with E-state index in [9.17, 15) is 4.79 Å². The van der Waals surface area contributed by atoms with Crippen molar-refractivity contribution in [2.24, 2.45) is 11.7 Å². The zero-order chi connectivity index (χ0) is 21.5. The van der Waals surface area contributed by atoms with E-state index in [1.165, 1.54) is 5.56 Å². The van der Waals surface area contributed by atoms with Gasteiger partial charge in [0.2, 0.25) is 5.91 Å². The number of rotatable bonds is 4. The molecule has 164 valence electrons. The second kappa shape index (κ2) is 10.6. The summed E-state index contributed by atoms with van der Waals surface area (Å²) in [7, 11) is 0. The van der Waals surface area contributed by atoms with Crippen LogP contribution in [0.3, 0.4) is 0 Å². The van der Waals surface area contributed by atoms with E-state index in [2.05, 4.69) is 32.0 Å². The minimum absolute atomic E-state index is 0.145. The Bertz CT molecular complexity index is 786. The molecule has 2 aliphatic rings. The van der Waals surface area contributed by atoms with E-state index in [0.717, 1.165) is 63.2 Å². The van der Waals surface area contributed by atoms with Crippen molar-refractivity contribution in [1.29, 1.82) is 0 Å². The minimum Gasteiger partial charge on any atom is -0.357 e. The molecule has 2 fully saturated rings. The molecular formula is C23H36N6O. The first kappa shape index (κ1) is 22.3. The molecule has 7 heteroatoms. The van der Waals surface area contributed by atoms with Crippen LogP contribution in [0, 0.1) is 12.8 Å². The Morgan fingerprint density at radius 3 is 2.33 bits per heavy atom. The fourth-order valence-corrected chi connectivity index (χ4v) is 4.29. The van der Waals surface area contributed by atoms with Crippen LogP contribution in [0.5, 0.6) is 0 Å². The van der Waals surface area contributed by atoms with E-state index in [1.807, 2.05) is 44.0 Å². The first-order valence-corrected chi connectivity index (χ1v) is 11.3. The smallest absolute Gasteiger partial charge is 0.225 e. The van der Waals surface area contributed by atoms with E-state index in [-0.39, 0.29) is 5.92 Å². The molecule has 0 bridgehead atoms. The first-order chi connectivity index (χ1) is 14.6. The van der Waals surface area contributed by atoms with Crippen LogP contribution in [-0.2, 0) is 11.3 Å². The van der Waals surface area contributed by atoms with Crippen LogP contribution < -0.4 is 10.6 Å². The molecular weight excluding hydrogens is 376 g/mol. The number of nitrogens with zero attached hydrogens (tertiary/aromatic N) is 5. The molecule has 30 heavy (non-hydrogen) atoms. The van der Waals surface area contributed by atoms with Gasteiger partial charge in [0.15, 0.2) is 0 Å². The third kappa shape index (κ3) is 5.19. The highest BCUT2D eigenvalue weighted by atomic mass is 16.2. The lowest BCUT2D eigenvalue weighted by Crippen LogP contribution is -2.45. The summed E-state index contributed by atoms with van der Waals surface area (Å²) in [6.07, 6.45) is 9.53. The molecule has 2 saturated heterocycles. The SMILES string of the molecule is CC.Cc1ccc(N2CCC(C(=O)N3CCC(n4cc(CN)cn4)CC3)CC2)nc1. The summed E-state index contributed by atoms with van der Waals surface area (Å²) in [5, 5.41) is 4.43. The van der Waals surface area contributed by atoms with Crippen molar-refractivity contribution < 1.29 is 4.79 Å². The van der Waals surface area contributed by atoms with Gasteiger partial charge in [-0.15, -0.1) is 0 Å². The van der Waals surface area contributed by atoms with Gasteiger partial charge in [-0.3, -0.25) is 9.48 Å². The number of nitrogens with two attached hydrogens (primary N) is 1. The number of aromatic nitrogens is 3. The van der Waals surface area contributed by atoms with Crippen LogP contribution in [0.2, 0.25) is 0 Å². The van der Waals surface area contributed by atoms with Gasteiger partial charge in [-0.2, -0.15) is 5.10 Å². The molecule has 0 radical (unpaired) electrons. The maximum absolute atomic E-state index is 13.0.